The highest BCUT2D eigenvalue weighted by Crippen LogP contribution is 2.47. The van der Waals surface area contributed by atoms with Crippen LogP contribution in [0, 0.1) is 5.92 Å². The van der Waals surface area contributed by atoms with Crippen molar-refractivity contribution in [3.63, 3.8) is 0 Å². The Kier molecular flexibility index (Phi) is 15.5. The predicted molar refractivity (Wildman–Crippen MR) is 162 cm³/mol. The summed E-state index contributed by atoms with van der Waals surface area (Å²) in [6.45, 7) is 7.96. The van der Waals surface area contributed by atoms with Crippen molar-refractivity contribution < 1.29 is 19.4 Å². The Morgan fingerprint density at radius 3 is 2.36 bits per heavy atom. The number of aliphatic hydroxyl groups is 1. The van der Waals surface area contributed by atoms with Crippen molar-refractivity contribution in [3.05, 3.63) is 58.6 Å². The molecule has 2 atom stereocenters. The first kappa shape index (κ1) is 33.1. The second-order valence-electron chi connectivity index (χ2n) is 10.3. The van der Waals surface area contributed by atoms with E-state index in [1.807, 2.05) is 50.2 Å². The number of benzene rings is 2. The molecule has 1 N–H and O–H groups in total. The third-order valence-electron chi connectivity index (χ3n) is 7.68. The number of hydrogen-bond acceptors (Lipinski definition) is 4. The van der Waals surface area contributed by atoms with Gasteiger partial charge in [-0.15, -0.1) is 0 Å². The third-order valence-corrected chi connectivity index (χ3v) is 7.98. The van der Waals surface area contributed by atoms with Gasteiger partial charge >= 0.3 is 0 Å². The number of halogens is 1. The molecule has 1 saturated heterocycles. The van der Waals surface area contributed by atoms with Crippen molar-refractivity contribution >= 4 is 18.0 Å². The number of piperidine rings is 1. The molecule has 1 aliphatic carbocycles. The van der Waals surface area contributed by atoms with Gasteiger partial charge < -0.3 is 19.5 Å². The average Bonchev–Trinajstić information content (AvgIpc) is 3.58. The zero-order valence-electron chi connectivity index (χ0n) is 24.6. The van der Waals surface area contributed by atoms with Crippen molar-refractivity contribution in [2.45, 2.75) is 97.0 Å². The lowest BCUT2D eigenvalue weighted by Crippen LogP contribution is -2.46. The van der Waals surface area contributed by atoms with E-state index in [4.69, 9.17) is 21.1 Å². The van der Waals surface area contributed by atoms with E-state index >= 15 is 0 Å². The van der Waals surface area contributed by atoms with E-state index in [-0.39, 0.29) is 5.92 Å². The first-order chi connectivity index (χ1) is 19.0. The number of unbranched alkanes of at least 4 members (excludes halogenated alkanes) is 1. The van der Waals surface area contributed by atoms with Crippen LogP contribution < -0.4 is 4.74 Å². The fourth-order valence-electron chi connectivity index (χ4n) is 5.53. The van der Waals surface area contributed by atoms with Crippen LogP contribution in [0.5, 0.6) is 11.5 Å². The van der Waals surface area contributed by atoms with Crippen LogP contribution in [0.2, 0.25) is 5.02 Å². The highest BCUT2D eigenvalue weighted by atomic mass is 35.5. The zero-order chi connectivity index (χ0) is 28.5. The van der Waals surface area contributed by atoms with Gasteiger partial charge in [-0.1, -0.05) is 94.8 Å². The number of aryl methyl sites for hydroxylation is 1. The molecule has 2 aliphatic rings. The lowest BCUT2D eigenvalue weighted by Gasteiger charge is -2.42. The predicted octanol–water partition coefficient (Wildman–Crippen LogP) is 8.54. The average molecular weight is 560 g/mol. The van der Waals surface area contributed by atoms with Gasteiger partial charge in [0.25, 0.3) is 0 Å². The van der Waals surface area contributed by atoms with E-state index in [9.17, 15) is 9.90 Å². The molecule has 2 fully saturated rings. The van der Waals surface area contributed by atoms with Gasteiger partial charge in [0.1, 0.15) is 5.75 Å². The van der Waals surface area contributed by atoms with Crippen molar-refractivity contribution in [1.29, 1.82) is 0 Å². The van der Waals surface area contributed by atoms with Gasteiger partial charge in [0, 0.05) is 38.3 Å². The summed E-state index contributed by atoms with van der Waals surface area (Å²) in [5.74, 6) is 1.13. The molecule has 1 saturated carbocycles. The molecule has 0 aromatic heterocycles. The number of likely N-dealkylation sites (tertiary alicyclic amines) is 1. The second-order valence-corrected chi connectivity index (χ2v) is 10.7. The first-order valence-electron chi connectivity index (χ1n) is 15.0. The molecule has 0 spiro atoms. The fourth-order valence-corrected chi connectivity index (χ4v) is 5.75. The Morgan fingerprint density at radius 2 is 1.72 bits per heavy atom. The number of para-hydroxylation sites is 2. The van der Waals surface area contributed by atoms with Crippen LogP contribution >= 0.6 is 11.6 Å². The van der Waals surface area contributed by atoms with Crippen LogP contribution in [0.3, 0.4) is 0 Å². The third kappa shape index (κ3) is 9.81. The smallest absolute Gasteiger partial charge is 0.209 e. The molecule has 218 valence electrons. The molecule has 0 bridgehead atoms. The quantitative estimate of drug-likeness (QED) is 0.221. The molecule has 6 heteroatoms. The number of carbonyl (C=O) groups is 1. The van der Waals surface area contributed by atoms with Gasteiger partial charge in [-0.25, -0.2) is 0 Å². The molecule has 2 aromatic carbocycles. The summed E-state index contributed by atoms with van der Waals surface area (Å²) in [5, 5.41) is 12.7. The maximum atomic E-state index is 12.2. The number of ether oxygens (including phenoxy) is 2. The summed E-state index contributed by atoms with van der Waals surface area (Å²) in [7, 11) is 1.68. The molecule has 2 unspecified atom stereocenters. The van der Waals surface area contributed by atoms with E-state index in [1.54, 1.807) is 18.1 Å². The first-order valence-corrected chi connectivity index (χ1v) is 15.4. The number of carbonyl (C=O) groups excluding carboxylic acids is 1. The number of rotatable bonds is 11. The van der Waals surface area contributed by atoms with Gasteiger partial charge in [0.05, 0.1) is 10.6 Å². The Hall–Kier alpha value is -2.08. The maximum absolute atomic E-state index is 12.2. The lowest BCUT2D eigenvalue weighted by molar-refractivity contribution is -0.123. The molecule has 1 aliphatic heterocycles. The van der Waals surface area contributed by atoms with Crippen molar-refractivity contribution in [3.8, 4) is 11.5 Å². The Balaban J connectivity index is 0.000000671. The van der Waals surface area contributed by atoms with Gasteiger partial charge in [0.15, 0.2) is 5.75 Å². The molecular formula is C33H50ClNO4. The molecule has 39 heavy (non-hydrogen) atoms. The maximum Gasteiger partial charge on any atom is 0.209 e. The number of hydrogen-bond donors (Lipinski definition) is 1. The van der Waals surface area contributed by atoms with Gasteiger partial charge in [-0.05, 0) is 56.2 Å². The Labute approximate surface area is 241 Å². The van der Waals surface area contributed by atoms with Crippen molar-refractivity contribution in [1.82, 2.24) is 4.90 Å². The molecule has 1 heterocycles. The summed E-state index contributed by atoms with van der Waals surface area (Å²) in [6.07, 6.45) is 13.1. The minimum absolute atomic E-state index is 0.105. The van der Waals surface area contributed by atoms with Gasteiger partial charge in [-0.3, -0.25) is 4.79 Å². The Bertz CT molecular complexity index is 957. The van der Waals surface area contributed by atoms with Crippen molar-refractivity contribution in [2.75, 3.05) is 26.8 Å². The summed E-state index contributed by atoms with van der Waals surface area (Å²) >= 11 is 6.64. The van der Waals surface area contributed by atoms with Crippen LogP contribution in [-0.4, -0.2) is 43.2 Å². The largest absolute Gasteiger partial charge is 0.455 e. The number of nitrogens with zero attached hydrogens (tertiary/aromatic N) is 1. The highest BCUT2D eigenvalue weighted by Gasteiger charge is 2.42. The lowest BCUT2D eigenvalue weighted by atomic mass is 9.73. The van der Waals surface area contributed by atoms with E-state index in [0.717, 1.165) is 56.4 Å². The van der Waals surface area contributed by atoms with Gasteiger partial charge in [0.2, 0.25) is 6.41 Å². The molecule has 0 radical (unpaired) electrons. The second kappa shape index (κ2) is 18.3. The summed E-state index contributed by atoms with van der Waals surface area (Å²) in [6, 6.07) is 13.4. The van der Waals surface area contributed by atoms with E-state index in [2.05, 4.69) is 6.92 Å². The van der Waals surface area contributed by atoms with Crippen LogP contribution in [-0.2, 0) is 21.6 Å². The summed E-state index contributed by atoms with van der Waals surface area (Å²) in [4.78, 5) is 13.2. The van der Waals surface area contributed by atoms with Gasteiger partial charge in [-0.2, -0.15) is 0 Å². The molecule has 1 amide bonds. The number of amides is 1. The topological polar surface area (TPSA) is 59.0 Å². The van der Waals surface area contributed by atoms with Crippen LogP contribution in [0.4, 0.5) is 0 Å². The van der Waals surface area contributed by atoms with E-state index in [0.29, 0.717) is 35.9 Å². The fraction of sp³-hybridized carbons (Fsp3) is 0.606. The van der Waals surface area contributed by atoms with E-state index < -0.39 is 5.60 Å². The van der Waals surface area contributed by atoms with Crippen LogP contribution in [0.1, 0.15) is 96.1 Å². The summed E-state index contributed by atoms with van der Waals surface area (Å²) in [5.41, 5.74) is 0.592. The zero-order valence-corrected chi connectivity index (χ0v) is 25.3. The van der Waals surface area contributed by atoms with E-state index in [1.165, 1.54) is 32.1 Å². The molecule has 4 rings (SSSR count). The Morgan fingerprint density at radius 1 is 1.03 bits per heavy atom. The minimum atomic E-state index is -1.17. The summed E-state index contributed by atoms with van der Waals surface area (Å²) < 4.78 is 11.6. The SMILES string of the molecule is C1CCCC1.CC.CCc1ccccc1Oc1c(Cl)cccc1C(O)(CCCCOC)C1CCCN(C=O)C1. The van der Waals surface area contributed by atoms with Crippen molar-refractivity contribution in [2.24, 2.45) is 5.92 Å². The molecule has 2 aromatic rings. The highest BCUT2D eigenvalue weighted by molar-refractivity contribution is 6.32. The standard InChI is InChI=1S/C26H34ClNO4.C5H10.C2H6/c1-3-20-10-4-5-14-24(20)32-25-22(12-8-13-23(25)27)26(30,15-6-7-17-31-2)21-11-9-16-28(18-21)19-29;1-2-4-5-3-1;1-2/h4-5,8,10,12-14,19,21,30H,3,6-7,9,11,15-18H2,1-2H3;1-5H2;1-2H3. The monoisotopic (exact) mass is 559 g/mol. The van der Waals surface area contributed by atoms with Crippen LogP contribution in [0.15, 0.2) is 42.5 Å². The molecular weight excluding hydrogens is 510 g/mol. The molecule has 5 nitrogen and oxygen atoms in total. The number of methoxy groups -OCH3 is 1. The minimum Gasteiger partial charge on any atom is -0.455 e. The van der Waals surface area contributed by atoms with Crippen LogP contribution in [0.25, 0.3) is 0 Å². The normalized spacial score (nSPS) is 18.2.